The molecule has 7 heteroatoms. The van der Waals surface area contributed by atoms with Crippen molar-refractivity contribution in [3.8, 4) is 11.1 Å². The number of benzene rings is 3. The summed E-state index contributed by atoms with van der Waals surface area (Å²) in [5.74, 6) is -0.141. The number of likely N-dealkylation sites (tertiary alicyclic amines) is 1. The molecule has 34 heavy (non-hydrogen) atoms. The molecule has 4 rings (SSSR count). The maximum atomic E-state index is 12.6. The van der Waals surface area contributed by atoms with E-state index in [1.54, 1.807) is 12.1 Å². The van der Waals surface area contributed by atoms with Crippen LogP contribution in [0.4, 0.5) is 10.5 Å². The molecule has 0 spiro atoms. The number of hydrogen-bond acceptors (Lipinski definition) is 3. The quantitative estimate of drug-likeness (QED) is 0.390. The van der Waals surface area contributed by atoms with Crippen LogP contribution in [-0.2, 0) is 13.0 Å². The summed E-state index contributed by atoms with van der Waals surface area (Å²) >= 11 is 5.95. The van der Waals surface area contributed by atoms with Crippen LogP contribution in [0.1, 0.15) is 34.3 Å². The van der Waals surface area contributed by atoms with E-state index in [4.69, 9.17) is 11.6 Å². The van der Waals surface area contributed by atoms with Crippen molar-refractivity contribution < 1.29 is 14.7 Å². The number of nitrogens with zero attached hydrogens (tertiary/aromatic N) is 1. The van der Waals surface area contributed by atoms with Gasteiger partial charge < -0.3 is 10.4 Å². The monoisotopic (exact) mass is 477 g/mol. The third kappa shape index (κ3) is 6.37. The maximum absolute atomic E-state index is 12.6. The molecule has 2 amide bonds. The second-order valence-electron chi connectivity index (χ2n) is 8.50. The van der Waals surface area contributed by atoms with Crippen LogP contribution in [0.5, 0.6) is 0 Å². The number of amides is 2. The molecule has 0 aromatic heterocycles. The summed E-state index contributed by atoms with van der Waals surface area (Å²) in [5.41, 5.74) is 5.19. The lowest BCUT2D eigenvalue weighted by Gasteiger charge is -2.18. The smallest absolute Gasteiger partial charge is 0.409 e. The van der Waals surface area contributed by atoms with Gasteiger partial charge in [-0.3, -0.25) is 15.0 Å². The molecule has 176 valence electrons. The fourth-order valence-corrected chi connectivity index (χ4v) is 4.34. The summed E-state index contributed by atoms with van der Waals surface area (Å²) in [6.45, 7) is 3.27. The van der Waals surface area contributed by atoms with Gasteiger partial charge in [-0.1, -0.05) is 48.0 Å². The second kappa shape index (κ2) is 11.2. The van der Waals surface area contributed by atoms with E-state index in [1.165, 1.54) is 12.8 Å². The van der Waals surface area contributed by atoms with E-state index in [2.05, 4.69) is 15.5 Å². The normalized spacial score (nSPS) is 13.6. The van der Waals surface area contributed by atoms with Crippen molar-refractivity contribution in [3.63, 3.8) is 0 Å². The molecule has 0 saturated carbocycles. The van der Waals surface area contributed by atoms with E-state index < -0.39 is 6.09 Å². The molecule has 1 heterocycles. The van der Waals surface area contributed by atoms with Gasteiger partial charge in [0.25, 0.3) is 5.91 Å². The van der Waals surface area contributed by atoms with Crippen LogP contribution >= 0.6 is 11.6 Å². The fourth-order valence-electron chi connectivity index (χ4n) is 4.21. The number of rotatable bonds is 8. The van der Waals surface area contributed by atoms with Gasteiger partial charge in [0, 0.05) is 29.4 Å². The van der Waals surface area contributed by atoms with Crippen molar-refractivity contribution in [1.29, 1.82) is 0 Å². The van der Waals surface area contributed by atoms with E-state index >= 15 is 0 Å². The van der Waals surface area contributed by atoms with Crippen LogP contribution in [0, 0.1) is 0 Å². The number of hydrogen-bond donors (Lipinski definition) is 3. The Kier molecular flexibility index (Phi) is 7.83. The van der Waals surface area contributed by atoms with Gasteiger partial charge in [0.05, 0.1) is 0 Å². The molecule has 0 bridgehead atoms. The van der Waals surface area contributed by atoms with Crippen molar-refractivity contribution in [3.05, 3.63) is 88.4 Å². The van der Waals surface area contributed by atoms with Gasteiger partial charge in [0.1, 0.15) is 0 Å². The van der Waals surface area contributed by atoms with Crippen molar-refractivity contribution in [2.45, 2.75) is 25.8 Å². The summed E-state index contributed by atoms with van der Waals surface area (Å²) < 4.78 is 0. The number of carbonyl (C=O) groups is 2. The first-order valence-electron chi connectivity index (χ1n) is 11.5. The molecule has 0 unspecified atom stereocenters. The predicted octanol–water partition coefficient (Wildman–Crippen LogP) is 5.67. The molecule has 3 aromatic rings. The van der Waals surface area contributed by atoms with Crippen molar-refractivity contribution >= 4 is 29.3 Å². The lowest BCUT2D eigenvalue weighted by atomic mass is 10.0. The van der Waals surface area contributed by atoms with E-state index in [0.29, 0.717) is 29.2 Å². The molecule has 1 aliphatic heterocycles. The number of anilines is 1. The molecular weight excluding hydrogens is 450 g/mol. The molecule has 0 atom stereocenters. The van der Waals surface area contributed by atoms with Gasteiger partial charge in [-0.05, 0) is 84.9 Å². The number of carbonyl (C=O) groups excluding carboxylic acids is 1. The van der Waals surface area contributed by atoms with E-state index in [1.807, 2.05) is 54.6 Å². The first-order chi connectivity index (χ1) is 16.5. The van der Waals surface area contributed by atoms with Crippen LogP contribution in [0.25, 0.3) is 11.1 Å². The highest BCUT2D eigenvalue weighted by atomic mass is 35.5. The number of nitrogens with one attached hydrogen (secondary N) is 2. The Morgan fingerprint density at radius 2 is 1.56 bits per heavy atom. The van der Waals surface area contributed by atoms with E-state index in [9.17, 15) is 14.7 Å². The van der Waals surface area contributed by atoms with Gasteiger partial charge in [0.2, 0.25) is 0 Å². The Morgan fingerprint density at radius 1 is 0.912 bits per heavy atom. The van der Waals surface area contributed by atoms with Gasteiger partial charge in [-0.25, -0.2) is 4.79 Å². The zero-order valence-corrected chi connectivity index (χ0v) is 19.6. The highest BCUT2D eigenvalue weighted by molar-refractivity contribution is 6.30. The molecule has 1 fully saturated rings. The summed E-state index contributed by atoms with van der Waals surface area (Å²) in [6, 6.07) is 20.9. The Morgan fingerprint density at radius 3 is 2.21 bits per heavy atom. The fraction of sp³-hybridized carbons (Fsp3) is 0.259. The molecule has 3 N–H and O–H groups in total. The van der Waals surface area contributed by atoms with E-state index in [-0.39, 0.29) is 5.91 Å². The van der Waals surface area contributed by atoms with Crippen molar-refractivity contribution in [1.82, 2.24) is 10.2 Å². The van der Waals surface area contributed by atoms with Crippen molar-refractivity contribution in [2.24, 2.45) is 0 Å². The lowest BCUT2D eigenvalue weighted by Crippen LogP contribution is -2.25. The second-order valence-corrected chi connectivity index (χ2v) is 8.93. The van der Waals surface area contributed by atoms with Gasteiger partial charge in [-0.2, -0.15) is 0 Å². The Balaban J connectivity index is 1.34. The molecule has 0 aliphatic carbocycles. The average molecular weight is 478 g/mol. The van der Waals surface area contributed by atoms with Crippen LogP contribution in [0.2, 0.25) is 5.02 Å². The Bertz CT molecular complexity index is 1140. The summed E-state index contributed by atoms with van der Waals surface area (Å²) in [5, 5.41) is 15.4. The topological polar surface area (TPSA) is 81.7 Å². The highest BCUT2D eigenvalue weighted by Gasteiger charge is 2.15. The zero-order chi connectivity index (χ0) is 23.9. The minimum Gasteiger partial charge on any atom is -0.465 e. The van der Waals surface area contributed by atoms with Gasteiger partial charge in [0.15, 0.2) is 0 Å². The number of halogens is 1. The summed E-state index contributed by atoms with van der Waals surface area (Å²) in [7, 11) is 0. The molecule has 6 nitrogen and oxygen atoms in total. The Labute approximate surface area is 204 Å². The SMILES string of the molecule is O=C(O)Nc1cc(CCNC(=O)c2ccc(-c3ccc(Cl)cc3)cc2)ccc1CN1CCCC1. The lowest BCUT2D eigenvalue weighted by molar-refractivity contribution is 0.0954. The summed E-state index contributed by atoms with van der Waals surface area (Å²) in [6.07, 6.45) is 1.90. The minimum atomic E-state index is -1.07. The molecular formula is C27H28ClN3O3. The average Bonchev–Trinajstić information content (AvgIpc) is 3.34. The molecule has 0 radical (unpaired) electrons. The maximum Gasteiger partial charge on any atom is 0.409 e. The first-order valence-corrected chi connectivity index (χ1v) is 11.8. The van der Waals surface area contributed by atoms with Crippen LogP contribution < -0.4 is 10.6 Å². The predicted molar refractivity (Wildman–Crippen MR) is 136 cm³/mol. The standard InChI is InChI=1S/C27H28ClN3O3/c28-24-11-9-21(10-12-24)20-5-7-22(8-6-20)26(32)29-14-13-19-3-4-23(18-31-15-1-2-16-31)25(17-19)30-27(33)34/h3-12,17,30H,1-2,13-16,18H2,(H,29,32)(H,33,34). The number of carboxylic acid groups (broad SMARTS) is 1. The molecule has 3 aromatic carbocycles. The molecule has 1 saturated heterocycles. The van der Waals surface area contributed by atoms with Gasteiger partial charge in [-0.15, -0.1) is 0 Å². The highest BCUT2D eigenvalue weighted by Crippen LogP contribution is 2.23. The summed E-state index contributed by atoms with van der Waals surface area (Å²) in [4.78, 5) is 26.2. The Hall–Kier alpha value is -3.35. The van der Waals surface area contributed by atoms with Gasteiger partial charge >= 0.3 is 6.09 Å². The van der Waals surface area contributed by atoms with Crippen LogP contribution in [-0.4, -0.2) is 41.6 Å². The van der Waals surface area contributed by atoms with Crippen LogP contribution in [0.15, 0.2) is 66.7 Å². The molecule has 1 aliphatic rings. The van der Waals surface area contributed by atoms with Crippen molar-refractivity contribution in [2.75, 3.05) is 25.0 Å². The minimum absolute atomic E-state index is 0.141. The zero-order valence-electron chi connectivity index (χ0n) is 18.9. The van der Waals surface area contributed by atoms with Crippen LogP contribution in [0.3, 0.4) is 0 Å². The third-order valence-electron chi connectivity index (χ3n) is 6.03. The van der Waals surface area contributed by atoms with E-state index in [0.717, 1.165) is 41.9 Å². The largest absolute Gasteiger partial charge is 0.465 e. The third-order valence-corrected chi connectivity index (χ3v) is 6.28. The first kappa shape index (κ1) is 23.8.